The number of hydrogen-bond donors (Lipinski definition) is 0. The van der Waals surface area contributed by atoms with Crippen molar-refractivity contribution in [3.05, 3.63) is 20.8 Å². The number of piperidine rings is 1. The highest BCUT2D eigenvalue weighted by Gasteiger charge is 2.16. The molecule has 0 bridgehead atoms. The molecule has 1 nitrogen and oxygen atoms in total. The molecule has 0 saturated carbocycles. The Balaban J connectivity index is 1.90. The summed E-state index contributed by atoms with van der Waals surface area (Å²) in [5.74, 6) is 0.882. The van der Waals surface area contributed by atoms with E-state index in [1.165, 1.54) is 34.6 Å². The lowest BCUT2D eigenvalue weighted by Crippen LogP contribution is -2.33. The van der Waals surface area contributed by atoms with Crippen LogP contribution >= 0.6 is 27.3 Å². The van der Waals surface area contributed by atoms with E-state index in [-0.39, 0.29) is 0 Å². The van der Waals surface area contributed by atoms with Crippen LogP contribution in [0.3, 0.4) is 0 Å². The van der Waals surface area contributed by atoms with Gasteiger partial charge in [-0.15, -0.1) is 11.3 Å². The van der Waals surface area contributed by atoms with Crippen LogP contribution in [0.5, 0.6) is 0 Å². The number of nitrogens with zero attached hydrogens (tertiary/aromatic N) is 1. The molecule has 1 fully saturated rings. The molecule has 0 radical (unpaired) electrons. The monoisotopic (exact) mass is 273 g/mol. The summed E-state index contributed by atoms with van der Waals surface area (Å²) in [4.78, 5) is 4.05. The molecule has 78 valence electrons. The first-order valence-electron chi connectivity index (χ1n) is 5.20. The van der Waals surface area contributed by atoms with Gasteiger partial charge < -0.3 is 0 Å². The Morgan fingerprint density at radius 1 is 1.57 bits per heavy atom. The maximum atomic E-state index is 3.51. The van der Waals surface area contributed by atoms with Crippen molar-refractivity contribution in [2.75, 3.05) is 13.1 Å². The van der Waals surface area contributed by atoms with Crippen LogP contribution in [0.2, 0.25) is 0 Å². The Labute approximate surface area is 98.2 Å². The predicted molar refractivity (Wildman–Crippen MR) is 65.7 cm³/mol. The Hall–Kier alpha value is 0.140. The van der Waals surface area contributed by atoms with Gasteiger partial charge in [-0.3, -0.25) is 4.90 Å². The molecule has 0 aliphatic carbocycles. The van der Waals surface area contributed by atoms with E-state index in [2.05, 4.69) is 39.9 Å². The van der Waals surface area contributed by atoms with Crippen LogP contribution in [0.4, 0.5) is 0 Å². The highest BCUT2D eigenvalue weighted by atomic mass is 79.9. The average molecular weight is 274 g/mol. The topological polar surface area (TPSA) is 3.24 Å². The van der Waals surface area contributed by atoms with E-state index in [9.17, 15) is 0 Å². The molecule has 0 amide bonds. The lowest BCUT2D eigenvalue weighted by molar-refractivity contribution is 0.178. The Bertz CT molecular complexity index is 297. The molecule has 1 unspecified atom stereocenters. The van der Waals surface area contributed by atoms with E-state index in [0.717, 1.165) is 12.5 Å². The van der Waals surface area contributed by atoms with Gasteiger partial charge in [-0.2, -0.15) is 0 Å². The van der Waals surface area contributed by atoms with Crippen LogP contribution in [-0.2, 0) is 6.54 Å². The van der Waals surface area contributed by atoms with E-state index < -0.39 is 0 Å². The van der Waals surface area contributed by atoms with Crippen LogP contribution in [0, 0.1) is 5.92 Å². The van der Waals surface area contributed by atoms with Crippen LogP contribution in [0.25, 0.3) is 0 Å². The summed E-state index contributed by atoms with van der Waals surface area (Å²) < 4.78 is 1.25. The third-order valence-corrected chi connectivity index (χ3v) is 4.36. The molecular formula is C11H16BrNS. The van der Waals surface area contributed by atoms with E-state index in [1.54, 1.807) is 0 Å². The molecule has 1 aromatic heterocycles. The van der Waals surface area contributed by atoms with Gasteiger partial charge in [0.2, 0.25) is 0 Å². The fourth-order valence-corrected chi connectivity index (χ4v) is 3.61. The summed E-state index contributed by atoms with van der Waals surface area (Å²) in [5.41, 5.74) is 0. The maximum Gasteiger partial charge on any atom is 0.0701 e. The molecule has 1 aliphatic heterocycles. The number of thiophene rings is 1. The fraction of sp³-hybridized carbons (Fsp3) is 0.636. The number of likely N-dealkylation sites (tertiary alicyclic amines) is 1. The van der Waals surface area contributed by atoms with Gasteiger partial charge >= 0.3 is 0 Å². The standard InChI is InChI=1S/C11H16BrNS/c1-9-3-2-6-13(7-9)8-10-4-5-11(12)14-10/h4-5,9H,2-3,6-8H2,1H3. The third-order valence-electron chi connectivity index (χ3n) is 2.75. The molecule has 1 aromatic rings. The molecule has 1 aliphatic rings. The normalized spacial score (nSPS) is 24.0. The van der Waals surface area contributed by atoms with Gasteiger partial charge in [0.1, 0.15) is 0 Å². The molecule has 1 saturated heterocycles. The SMILES string of the molecule is CC1CCCN(Cc2ccc(Br)s2)C1. The highest BCUT2D eigenvalue weighted by molar-refractivity contribution is 9.11. The minimum Gasteiger partial charge on any atom is -0.298 e. The van der Waals surface area contributed by atoms with E-state index in [1.807, 2.05) is 11.3 Å². The zero-order chi connectivity index (χ0) is 9.97. The van der Waals surface area contributed by atoms with Crippen molar-refractivity contribution in [2.24, 2.45) is 5.92 Å². The summed E-state index contributed by atoms with van der Waals surface area (Å²) in [7, 11) is 0. The smallest absolute Gasteiger partial charge is 0.0701 e. The van der Waals surface area contributed by atoms with Gasteiger partial charge in [-0.05, 0) is 53.4 Å². The molecule has 0 N–H and O–H groups in total. The third kappa shape index (κ3) is 2.81. The zero-order valence-electron chi connectivity index (χ0n) is 8.50. The Morgan fingerprint density at radius 3 is 3.07 bits per heavy atom. The predicted octanol–water partition coefficient (Wildman–Crippen LogP) is 3.74. The van der Waals surface area contributed by atoms with Gasteiger partial charge in [0.25, 0.3) is 0 Å². The highest BCUT2D eigenvalue weighted by Crippen LogP contribution is 2.25. The number of rotatable bonds is 2. The molecule has 2 rings (SSSR count). The lowest BCUT2D eigenvalue weighted by atomic mass is 10.0. The second-order valence-electron chi connectivity index (χ2n) is 4.19. The van der Waals surface area contributed by atoms with Crippen molar-refractivity contribution in [1.82, 2.24) is 4.90 Å². The average Bonchev–Trinajstić information content (AvgIpc) is 2.51. The van der Waals surface area contributed by atoms with Crippen molar-refractivity contribution >= 4 is 27.3 Å². The van der Waals surface area contributed by atoms with Crippen molar-refractivity contribution in [3.63, 3.8) is 0 Å². The summed E-state index contributed by atoms with van der Waals surface area (Å²) in [5, 5.41) is 0. The quantitative estimate of drug-likeness (QED) is 0.794. The van der Waals surface area contributed by atoms with Crippen molar-refractivity contribution in [3.8, 4) is 0 Å². The summed E-state index contributed by atoms with van der Waals surface area (Å²) in [6.45, 7) is 6.05. The summed E-state index contributed by atoms with van der Waals surface area (Å²) >= 11 is 5.37. The maximum absolute atomic E-state index is 3.51. The fourth-order valence-electron chi connectivity index (χ4n) is 2.09. The minimum atomic E-state index is 0.882. The first-order valence-corrected chi connectivity index (χ1v) is 6.81. The first kappa shape index (κ1) is 10.7. The lowest BCUT2D eigenvalue weighted by Gasteiger charge is -2.30. The molecule has 2 heterocycles. The van der Waals surface area contributed by atoms with Gasteiger partial charge in [0, 0.05) is 18.0 Å². The molecule has 0 spiro atoms. The minimum absolute atomic E-state index is 0.882. The summed E-state index contributed by atoms with van der Waals surface area (Å²) in [6.07, 6.45) is 2.78. The van der Waals surface area contributed by atoms with Gasteiger partial charge in [-0.1, -0.05) is 6.92 Å². The van der Waals surface area contributed by atoms with E-state index in [0.29, 0.717) is 0 Å². The molecule has 14 heavy (non-hydrogen) atoms. The molecule has 1 atom stereocenters. The van der Waals surface area contributed by atoms with Crippen LogP contribution in [-0.4, -0.2) is 18.0 Å². The Kier molecular flexibility index (Phi) is 3.63. The second kappa shape index (κ2) is 4.77. The molecule has 0 aromatic carbocycles. The van der Waals surface area contributed by atoms with Crippen molar-refractivity contribution < 1.29 is 0 Å². The van der Waals surface area contributed by atoms with Gasteiger partial charge in [-0.25, -0.2) is 0 Å². The van der Waals surface area contributed by atoms with Crippen LogP contribution < -0.4 is 0 Å². The molecular weight excluding hydrogens is 258 g/mol. The molecule has 3 heteroatoms. The van der Waals surface area contributed by atoms with E-state index >= 15 is 0 Å². The zero-order valence-corrected chi connectivity index (χ0v) is 10.9. The van der Waals surface area contributed by atoms with Crippen LogP contribution in [0.1, 0.15) is 24.6 Å². The van der Waals surface area contributed by atoms with Gasteiger partial charge in [0.05, 0.1) is 3.79 Å². The van der Waals surface area contributed by atoms with Gasteiger partial charge in [0.15, 0.2) is 0 Å². The first-order chi connectivity index (χ1) is 6.74. The summed E-state index contributed by atoms with van der Waals surface area (Å²) in [6, 6.07) is 4.38. The Morgan fingerprint density at radius 2 is 2.43 bits per heavy atom. The number of hydrogen-bond acceptors (Lipinski definition) is 2. The van der Waals surface area contributed by atoms with Crippen molar-refractivity contribution in [1.29, 1.82) is 0 Å². The van der Waals surface area contributed by atoms with Crippen molar-refractivity contribution in [2.45, 2.75) is 26.3 Å². The number of halogens is 1. The largest absolute Gasteiger partial charge is 0.298 e. The van der Waals surface area contributed by atoms with Crippen LogP contribution in [0.15, 0.2) is 15.9 Å². The van der Waals surface area contributed by atoms with E-state index in [4.69, 9.17) is 0 Å². The second-order valence-corrected chi connectivity index (χ2v) is 6.74.